The summed E-state index contributed by atoms with van der Waals surface area (Å²) in [5, 5.41) is 9.99. The van der Waals surface area contributed by atoms with Crippen LogP contribution in [0.4, 0.5) is 11.4 Å². The highest BCUT2D eigenvalue weighted by Crippen LogP contribution is 2.43. The van der Waals surface area contributed by atoms with Crippen LogP contribution in [0, 0.1) is 5.92 Å². The number of para-hydroxylation sites is 1. The Bertz CT molecular complexity index is 1190. The first-order valence-corrected chi connectivity index (χ1v) is 10.7. The van der Waals surface area contributed by atoms with Crippen molar-refractivity contribution in [1.29, 1.82) is 0 Å². The number of aryl methyl sites for hydroxylation is 1. The normalized spacial score (nSPS) is 20.2. The molecule has 0 unspecified atom stereocenters. The molecule has 1 N–H and O–H groups in total. The summed E-state index contributed by atoms with van der Waals surface area (Å²) < 4.78 is 7.17. The Morgan fingerprint density at radius 3 is 2.93 bits per heavy atom. The quantitative estimate of drug-likeness (QED) is 0.511. The molecule has 2 bridgehead atoms. The molecule has 0 amide bonds. The van der Waals surface area contributed by atoms with Gasteiger partial charge in [0.05, 0.1) is 28.5 Å². The van der Waals surface area contributed by atoms with E-state index in [0.717, 1.165) is 39.3 Å². The summed E-state index contributed by atoms with van der Waals surface area (Å²) in [6.45, 7) is 1.18. The van der Waals surface area contributed by atoms with Gasteiger partial charge in [-0.15, -0.1) is 0 Å². The van der Waals surface area contributed by atoms with Gasteiger partial charge in [-0.25, -0.2) is 9.67 Å². The lowest BCUT2D eigenvalue weighted by molar-refractivity contribution is 0.381. The summed E-state index contributed by atoms with van der Waals surface area (Å²) in [4.78, 5) is 8.08. The van der Waals surface area contributed by atoms with E-state index in [0.29, 0.717) is 0 Å². The van der Waals surface area contributed by atoms with Crippen molar-refractivity contribution in [3.63, 3.8) is 0 Å². The Morgan fingerprint density at radius 2 is 2.07 bits per heavy atom. The van der Waals surface area contributed by atoms with Gasteiger partial charge in [-0.1, -0.05) is 12.1 Å². The van der Waals surface area contributed by atoms with Crippen molar-refractivity contribution in [2.45, 2.75) is 23.8 Å². The number of fused-ring (bicyclic) bond motifs is 2. The van der Waals surface area contributed by atoms with Gasteiger partial charge in [-0.2, -0.15) is 10.2 Å². The van der Waals surface area contributed by atoms with Crippen molar-refractivity contribution < 1.29 is 0 Å². The fourth-order valence-electron chi connectivity index (χ4n) is 4.47. The maximum atomic E-state index is 4.53. The second kappa shape index (κ2) is 6.52. The Balaban J connectivity index is 1.21. The Hall–Kier alpha value is -3.00. The highest BCUT2D eigenvalue weighted by molar-refractivity contribution is 8.00. The van der Waals surface area contributed by atoms with Crippen LogP contribution < -0.4 is 9.62 Å². The molecule has 3 aromatic heterocycles. The fourth-order valence-corrected chi connectivity index (χ4v) is 5.12. The van der Waals surface area contributed by atoms with Gasteiger partial charge in [0.2, 0.25) is 0 Å². The molecule has 1 aromatic carbocycles. The standard InChI is InChI=1S/C21H21N7S/c1-26-21-15(10-23-26)3-2-4-19(21)25-29-18-11-24-28(13-18)20-9-16(5-6-22-20)27-12-14-7-17(27)8-14/h2-6,9-11,13-14,17,25H,7-8,12H2,1H3. The molecule has 0 radical (unpaired) electrons. The van der Waals surface area contributed by atoms with Gasteiger partial charge in [-0.3, -0.25) is 4.68 Å². The average molecular weight is 404 g/mol. The molecular weight excluding hydrogens is 382 g/mol. The number of hydrogen-bond donors (Lipinski definition) is 1. The number of aromatic nitrogens is 5. The third-order valence-corrected chi connectivity index (χ3v) is 6.77. The zero-order valence-corrected chi connectivity index (χ0v) is 16.9. The summed E-state index contributed by atoms with van der Waals surface area (Å²) in [6.07, 6.45) is 10.3. The van der Waals surface area contributed by atoms with Crippen LogP contribution in [0.1, 0.15) is 12.8 Å². The van der Waals surface area contributed by atoms with E-state index >= 15 is 0 Å². The SMILES string of the molecule is Cn1ncc2cccc(NSc3cnn(-c4cc(N5CC6CC5C6)ccn4)c3)c21. The highest BCUT2D eigenvalue weighted by atomic mass is 32.2. The molecule has 3 fully saturated rings. The third kappa shape index (κ3) is 2.86. The molecule has 29 heavy (non-hydrogen) atoms. The van der Waals surface area contributed by atoms with Gasteiger partial charge in [0.1, 0.15) is 0 Å². The molecular formula is C21H21N7S. The topological polar surface area (TPSA) is 63.8 Å². The van der Waals surface area contributed by atoms with Gasteiger partial charge in [-0.05, 0) is 42.8 Å². The molecule has 7 rings (SSSR count). The average Bonchev–Trinajstić information content (AvgIpc) is 3.50. The summed E-state index contributed by atoms with van der Waals surface area (Å²) in [5.74, 6) is 1.74. The van der Waals surface area contributed by atoms with E-state index in [4.69, 9.17) is 0 Å². The van der Waals surface area contributed by atoms with Crippen LogP contribution in [-0.4, -0.2) is 37.1 Å². The smallest absolute Gasteiger partial charge is 0.155 e. The number of nitrogens with zero attached hydrogens (tertiary/aromatic N) is 6. The van der Waals surface area contributed by atoms with Gasteiger partial charge < -0.3 is 9.62 Å². The molecule has 0 atom stereocenters. The number of hydrogen-bond acceptors (Lipinski definition) is 6. The molecule has 146 valence electrons. The maximum absolute atomic E-state index is 4.53. The first kappa shape index (κ1) is 16.9. The van der Waals surface area contributed by atoms with E-state index in [9.17, 15) is 0 Å². The summed E-state index contributed by atoms with van der Waals surface area (Å²) >= 11 is 1.54. The second-order valence-electron chi connectivity index (χ2n) is 7.85. The Labute approximate surface area is 172 Å². The van der Waals surface area contributed by atoms with Gasteiger partial charge in [0.25, 0.3) is 0 Å². The summed E-state index contributed by atoms with van der Waals surface area (Å²) in [5.41, 5.74) is 3.38. The molecule has 1 saturated carbocycles. The van der Waals surface area contributed by atoms with Crippen molar-refractivity contribution in [3.05, 3.63) is 55.1 Å². The van der Waals surface area contributed by atoms with Crippen LogP contribution in [0.15, 0.2) is 60.0 Å². The van der Waals surface area contributed by atoms with Gasteiger partial charge >= 0.3 is 0 Å². The lowest BCUT2D eigenvalue weighted by atomic mass is 9.86. The van der Waals surface area contributed by atoms with Crippen molar-refractivity contribution >= 4 is 34.2 Å². The summed E-state index contributed by atoms with van der Waals surface area (Å²) in [7, 11) is 1.96. The number of pyridine rings is 1. The lowest BCUT2D eigenvalue weighted by Crippen LogP contribution is -2.28. The molecule has 4 aromatic rings. The van der Waals surface area contributed by atoms with Gasteiger partial charge in [0, 0.05) is 49.2 Å². The molecule has 2 aliphatic heterocycles. The van der Waals surface area contributed by atoms with Crippen molar-refractivity contribution in [3.8, 4) is 5.82 Å². The maximum Gasteiger partial charge on any atom is 0.155 e. The molecule has 8 heteroatoms. The molecule has 3 aliphatic rings. The predicted octanol–water partition coefficient (Wildman–Crippen LogP) is 3.87. The molecule has 1 aliphatic carbocycles. The van der Waals surface area contributed by atoms with Crippen molar-refractivity contribution in [1.82, 2.24) is 24.5 Å². The van der Waals surface area contributed by atoms with E-state index in [1.54, 1.807) is 0 Å². The number of anilines is 2. The van der Waals surface area contributed by atoms with E-state index < -0.39 is 0 Å². The second-order valence-corrected chi connectivity index (χ2v) is 8.73. The zero-order chi connectivity index (χ0) is 19.4. The van der Waals surface area contributed by atoms with E-state index in [2.05, 4.69) is 49.1 Å². The lowest BCUT2D eigenvalue weighted by Gasteiger charge is -2.27. The first-order chi connectivity index (χ1) is 14.2. The Kier molecular flexibility index (Phi) is 3.80. The number of benzene rings is 1. The van der Waals surface area contributed by atoms with E-state index in [1.807, 2.05) is 47.3 Å². The number of nitrogens with one attached hydrogen (secondary N) is 1. The molecule has 5 heterocycles. The number of rotatable bonds is 5. The van der Waals surface area contributed by atoms with Crippen molar-refractivity contribution in [2.24, 2.45) is 13.0 Å². The molecule has 7 nitrogen and oxygen atoms in total. The first-order valence-electron chi connectivity index (χ1n) is 9.86. The summed E-state index contributed by atoms with van der Waals surface area (Å²) in [6, 6.07) is 11.1. The van der Waals surface area contributed by atoms with Crippen LogP contribution in [0.5, 0.6) is 0 Å². The van der Waals surface area contributed by atoms with Crippen LogP contribution in [-0.2, 0) is 7.05 Å². The minimum atomic E-state index is 0.720. The fraction of sp³-hybridized carbons (Fsp3) is 0.286. The van der Waals surface area contributed by atoms with E-state index in [-0.39, 0.29) is 0 Å². The minimum absolute atomic E-state index is 0.720. The largest absolute Gasteiger partial charge is 0.368 e. The molecule has 2 saturated heterocycles. The predicted molar refractivity (Wildman–Crippen MR) is 115 cm³/mol. The minimum Gasteiger partial charge on any atom is -0.368 e. The van der Waals surface area contributed by atoms with Crippen LogP contribution in [0.3, 0.4) is 0 Å². The van der Waals surface area contributed by atoms with E-state index in [1.165, 1.54) is 37.0 Å². The van der Waals surface area contributed by atoms with Crippen LogP contribution >= 0.6 is 11.9 Å². The highest BCUT2D eigenvalue weighted by Gasteiger charge is 2.42. The van der Waals surface area contributed by atoms with Gasteiger partial charge in [0.15, 0.2) is 5.82 Å². The Morgan fingerprint density at radius 1 is 1.14 bits per heavy atom. The third-order valence-electron chi connectivity index (χ3n) is 6.00. The van der Waals surface area contributed by atoms with Crippen LogP contribution in [0.2, 0.25) is 0 Å². The van der Waals surface area contributed by atoms with Crippen LogP contribution in [0.25, 0.3) is 16.7 Å². The zero-order valence-electron chi connectivity index (χ0n) is 16.1. The molecule has 0 spiro atoms. The monoisotopic (exact) mass is 403 g/mol. The van der Waals surface area contributed by atoms with Crippen molar-refractivity contribution in [2.75, 3.05) is 16.2 Å².